The third kappa shape index (κ3) is 1.82. The quantitative estimate of drug-likeness (QED) is 0.895. The van der Waals surface area contributed by atoms with Crippen LogP contribution in [0, 0.1) is 17.2 Å². The molecule has 2 atom stereocenters. The smallest absolute Gasteiger partial charge is 0.236 e. The zero-order valence-corrected chi connectivity index (χ0v) is 11.9. The van der Waals surface area contributed by atoms with Crippen molar-refractivity contribution in [1.29, 1.82) is 5.26 Å². The molecule has 2 aliphatic heterocycles. The average Bonchev–Trinajstić information content (AvgIpc) is 2.90. The third-order valence-corrected chi connectivity index (χ3v) is 4.33. The van der Waals surface area contributed by atoms with Crippen molar-refractivity contribution in [1.82, 2.24) is 4.90 Å². The van der Waals surface area contributed by atoms with Crippen molar-refractivity contribution in [2.75, 3.05) is 18.4 Å². The van der Waals surface area contributed by atoms with Crippen molar-refractivity contribution in [2.24, 2.45) is 5.92 Å². The lowest BCUT2D eigenvalue weighted by molar-refractivity contribution is -0.120. The number of carbonyl (C=O) groups excluding carboxylic acids is 1. The summed E-state index contributed by atoms with van der Waals surface area (Å²) >= 11 is 0. The summed E-state index contributed by atoms with van der Waals surface area (Å²) in [6.45, 7) is 5.78. The molecular weight excluding hydrogens is 250 g/mol. The highest BCUT2D eigenvalue weighted by Gasteiger charge is 2.54. The molecule has 0 radical (unpaired) electrons. The Morgan fingerprint density at radius 2 is 2.25 bits per heavy atom. The molecule has 1 N–H and O–H groups in total. The number of likely N-dealkylation sites (tertiary alicyclic amines) is 1. The number of amides is 1. The molecule has 0 bridgehead atoms. The number of rotatable bonds is 2. The number of nitriles is 1. The van der Waals surface area contributed by atoms with E-state index in [9.17, 15) is 10.1 Å². The first-order valence-electron chi connectivity index (χ1n) is 7.11. The fraction of sp³-hybridized carbons (Fsp3) is 0.500. The number of hydrogen-bond acceptors (Lipinski definition) is 3. The Bertz CT molecular complexity index is 590. The number of benzene rings is 1. The first kappa shape index (κ1) is 13.1. The van der Waals surface area contributed by atoms with Crippen molar-refractivity contribution in [3.05, 3.63) is 29.8 Å². The van der Waals surface area contributed by atoms with Crippen LogP contribution in [0.25, 0.3) is 0 Å². The highest BCUT2D eigenvalue weighted by atomic mass is 16.2. The van der Waals surface area contributed by atoms with Crippen LogP contribution in [0.15, 0.2) is 24.3 Å². The Morgan fingerprint density at radius 1 is 1.50 bits per heavy atom. The standard InChI is InChI=1S/C16H19N3O/c1-11(2)9-19-10-16(7-12(19)8-17)13-5-3-4-6-14(13)18-15(16)20/h3-6,11-12H,7,9-10H2,1-2H3,(H,18,20)/t12-,16+/m1/s1. The fourth-order valence-corrected chi connectivity index (χ4v) is 3.50. The number of anilines is 1. The number of nitrogens with zero attached hydrogens (tertiary/aromatic N) is 2. The Labute approximate surface area is 119 Å². The first-order chi connectivity index (χ1) is 9.56. The minimum Gasteiger partial charge on any atom is -0.325 e. The normalized spacial score (nSPS) is 28.7. The Kier molecular flexibility index (Phi) is 3.02. The van der Waals surface area contributed by atoms with Gasteiger partial charge in [-0.05, 0) is 24.0 Å². The molecule has 1 amide bonds. The van der Waals surface area contributed by atoms with E-state index in [1.807, 2.05) is 24.3 Å². The second-order valence-electron chi connectivity index (χ2n) is 6.25. The SMILES string of the molecule is CC(C)CN1C[C@]2(C[C@@H]1C#N)C(=O)Nc1ccccc12. The topological polar surface area (TPSA) is 56.1 Å². The van der Waals surface area contributed by atoms with Gasteiger partial charge in [-0.1, -0.05) is 32.0 Å². The summed E-state index contributed by atoms with van der Waals surface area (Å²) in [5, 5.41) is 12.4. The molecule has 0 aliphatic carbocycles. The van der Waals surface area contributed by atoms with Gasteiger partial charge in [0.15, 0.2) is 0 Å². The number of fused-ring (bicyclic) bond motifs is 2. The van der Waals surface area contributed by atoms with Gasteiger partial charge < -0.3 is 5.32 Å². The van der Waals surface area contributed by atoms with Crippen molar-refractivity contribution in [2.45, 2.75) is 31.7 Å². The monoisotopic (exact) mass is 269 g/mol. The van der Waals surface area contributed by atoms with E-state index < -0.39 is 5.41 Å². The van der Waals surface area contributed by atoms with Crippen molar-refractivity contribution in [3.63, 3.8) is 0 Å². The molecule has 2 aliphatic rings. The maximum Gasteiger partial charge on any atom is 0.236 e. The van der Waals surface area contributed by atoms with Crippen LogP contribution < -0.4 is 5.32 Å². The van der Waals surface area contributed by atoms with Crippen molar-refractivity contribution in [3.8, 4) is 6.07 Å². The molecule has 1 aromatic carbocycles. The molecule has 0 unspecified atom stereocenters. The van der Waals surface area contributed by atoms with Gasteiger partial charge in [0.05, 0.1) is 17.5 Å². The molecule has 20 heavy (non-hydrogen) atoms. The maximum absolute atomic E-state index is 12.5. The van der Waals surface area contributed by atoms with E-state index >= 15 is 0 Å². The van der Waals surface area contributed by atoms with E-state index in [-0.39, 0.29) is 11.9 Å². The Hall–Kier alpha value is -1.86. The van der Waals surface area contributed by atoms with Gasteiger partial charge in [-0.3, -0.25) is 9.69 Å². The summed E-state index contributed by atoms with van der Waals surface area (Å²) in [6.07, 6.45) is 0.596. The fourth-order valence-electron chi connectivity index (χ4n) is 3.50. The zero-order chi connectivity index (χ0) is 14.3. The lowest BCUT2D eigenvalue weighted by Gasteiger charge is -2.23. The molecule has 1 saturated heterocycles. The van der Waals surface area contributed by atoms with Crippen LogP contribution in [-0.4, -0.2) is 29.9 Å². The molecule has 1 fully saturated rings. The Morgan fingerprint density at radius 3 is 2.95 bits per heavy atom. The van der Waals surface area contributed by atoms with Crippen molar-refractivity contribution < 1.29 is 4.79 Å². The van der Waals surface area contributed by atoms with E-state index in [1.54, 1.807) is 0 Å². The molecule has 4 heteroatoms. The molecule has 3 rings (SSSR count). The predicted molar refractivity (Wildman–Crippen MR) is 77.2 cm³/mol. The number of nitrogens with one attached hydrogen (secondary N) is 1. The second-order valence-corrected chi connectivity index (χ2v) is 6.25. The van der Waals surface area contributed by atoms with E-state index in [4.69, 9.17) is 0 Å². The maximum atomic E-state index is 12.5. The predicted octanol–water partition coefficient (Wildman–Crippen LogP) is 2.13. The molecular formula is C16H19N3O. The molecule has 0 aromatic heterocycles. The summed E-state index contributed by atoms with van der Waals surface area (Å²) < 4.78 is 0. The van der Waals surface area contributed by atoms with Gasteiger partial charge in [-0.2, -0.15) is 5.26 Å². The first-order valence-corrected chi connectivity index (χ1v) is 7.11. The second kappa shape index (κ2) is 4.60. The molecule has 1 aromatic rings. The summed E-state index contributed by atoms with van der Waals surface area (Å²) in [5.41, 5.74) is 1.42. The minimum absolute atomic E-state index is 0.0465. The highest BCUT2D eigenvalue weighted by Crippen LogP contribution is 2.46. The van der Waals surface area contributed by atoms with Crippen LogP contribution in [0.1, 0.15) is 25.8 Å². The van der Waals surface area contributed by atoms with E-state index in [0.717, 1.165) is 17.8 Å². The summed E-state index contributed by atoms with van der Waals surface area (Å²) in [7, 11) is 0. The van der Waals surface area contributed by atoms with Crippen molar-refractivity contribution >= 4 is 11.6 Å². The molecule has 104 valence electrons. The Balaban J connectivity index is 1.98. The zero-order valence-electron chi connectivity index (χ0n) is 11.9. The van der Waals surface area contributed by atoms with Crippen LogP contribution in [0.2, 0.25) is 0 Å². The highest BCUT2D eigenvalue weighted by molar-refractivity contribution is 6.06. The van der Waals surface area contributed by atoms with E-state index in [0.29, 0.717) is 18.9 Å². The van der Waals surface area contributed by atoms with Crippen LogP contribution in [0.4, 0.5) is 5.69 Å². The molecule has 2 heterocycles. The molecule has 4 nitrogen and oxygen atoms in total. The van der Waals surface area contributed by atoms with Gasteiger partial charge in [-0.15, -0.1) is 0 Å². The third-order valence-electron chi connectivity index (χ3n) is 4.33. The lowest BCUT2D eigenvalue weighted by Crippen LogP contribution is -2.38. The summed E-state index contributed by atoms with van der Waals surface area (Å²) in [4.78, 5) is 14.7. The van der Waals surface area contributed by atoms with Crippen LogP contribution in [0.3, 0.4) is 0 Å². The number of para-hydroxylation sites is 1. The number of hydrogen-bond donors (Lipinski definition) is 1. The van der Waals surface area contributed by atoms with Gasteiger partial charge in [0.1, 0.15) is 0 Å². The van der Waals surface area contributed by atoms with Gasteiger partial charge in [-0.25, -0.2) is 0 Å². The molecule has 0 saturated carbocycles. The van der Waals surface area contributed by atoms with Crippen LogP contribution in [-0.2, 0) is 10.2 Å². The van der Waals surface area contributed by atoms with Gasteiger partial charge >= 0.3 is 0 Å². The van der Waals surface area contributed by atoms with Gasteiger partial charge in [0.25, 0.3) is 0 Å². The lowest BCUT2D eigenvalue weighted by atomic mass is 9.80. The minimum atomic E-state index is -0.536. The van der Waals surface area contributed by atoms with E-state index in [2.05, 4.69) is 30.1 Å². The van der Waals surface area contributed by atoms with Gasteiger partial charge in [0, 0.05) is 18.8 Å². The van der Waals surface area contributed by atoms with Crippen LogP contribution in [0.5, 0.6) is 0 Å². The largest absolute Gasteiger partial charge is 0.325 e. The average molecular weight is 269 g/mol. The van der Waals surface area contributed by atoms with E-state index in [1.165, 1.54) is 0 Å². The summed E-state index contributed by atoms with van der Waals surface area (Å²) in [5.74, 6) is 0.533. The van der Waals surface area contributed by atoms with Crippen LogP contribution >= 0.6 is 0 Å². The van der Waals surface area contributed by atoms with Gasteiger partial charge in [0.2, 0.25) is 5.91 Å². The number of carbonyl (C=O) groups is 1. The summed E-state index contributed by atoms with van der Waals surface area (Å²) in [6, 6.07) is 10.0. The molecule has 1 spiro atoms.